The Kier molecular flexibility index (Phi) is 2.69. The highest BCUT2D eigenvalue weighted by Gasteiger charge is 2.13. The summed E-state index contributed by atoms with van der Waals surface area (Å²) >= 11 is 5.50. The van der Waals surface area contributed by atoms with Crippen LogP contribution in [0.5, 0.6) is 0 Å². The lowest BCUT2D eigenvalue weighted by Gasteiger charge is -1.99. The molecule has 0 aromatic carbocycles. The third-order valence-electron chi connectivity index (χ3n) is 1.82. The van der Waals surface area contributed by atoms with Gasteiger partial charge in [-0.3, -0.25) is 9.89 Å². The summed E-state index contributed by atoms with van der Waals surface area (Å²) in [7, 11) is 0. The summed E-state index contributed by atoms with van der Waals surface area (Å²) < 4.78 is 25.5. The second-order valence-electron chi connectivity index (χ2n) is 2.90. The molecular weight excluding hydrogens is 242 g/mol. The lowest BCUT2D eigenvalue weighted by Crippen LogP contribution is -2.15. The van der Waals surface area contributed by atoms with E-state index in [2.05, 4.69) is 15.3 Å². The first kappa shape index (κ1) is 10.7. The molecule has 0 spiro atoms. The van der Waals surface area contributed by atoms with Crippen LogP contribution in [0.15, 0.2) is 23.0 Å². The van der Waals surface area contributed by atoms with Crippen molar-refractivity contribution in [2.75, 3.05) is 0 Å². The van der Waals surface area contributed by atoms with E-state index in [1.165, 1.54) is 12.1 Å². The number of hydrogen-bond donors (Lipinski definition) is 1. The van der Waals surface area contributed by atoms with Crippen LogP contribution in [0.1, 0.15) is 12.1 Å². The van der Waals surface area contributed by atoms with Gasteiger partial charge in [0.2, 0.25) is 0 Å². The molecule has 0 saturated carbocycles. The molecule has 8 heteroatoms. The summed E-state index contributed by atoms with van der Waals surface area (Å²) in [4.78, 5) is 11.3. The topological polar surface area (TPSA) is 63.6 Å². The Labute approximate surface area is 92.7 Å². The van der Waals surface area contributed by atoms with Crippen LogP contribution in [0, 0.1) is 0 Å². The van der Waals surface area contributed by atoms with Crippen molar-refractivity contribution in [2.24, 2.45) is 0 Å². The average Bonchev–Trinajstić information content (AvgIpc) is 2.62. The number of rotatable bonds is 2. The van der Waals surface area contributed by atoms with Gasteiger partial charge in [0, 0.05) is 6.07 Å². The van der Waals surface area contributed by atoms with E-state index in [0.717, 1.165) is 10.7 Å². The minimum Gasteiger partial charge on any atom is -0.288 e. The van der Waals surface area contributed by atoms with Crippen LogP contribution in [-0.4, -0.2) is 20.0 Å². The van der Waals surface area contributed by atoms with Crippen LogP contribution in [-0.2, 0) is 0 Å². The highest BCUT2D eigenvalue weighted by molar-refractivity contribution is 6.29. The van der Waals surface area contributed by atoms with Crippen LogP contribution >= 0.6 is 11.6 Å². The third-order valence-corrected chi connectivity index (χ3v) is 2.02. The average molecular weight is 247 g/mol. The van der Waals surface area contributed by atoms with Crippen molar-refractivity contribution in [2.45, 2.75) is 6.43 Å². The van der Waals surface area contributed by atoms with Crippen LogP contribution in [0.4, 0.5) is 8.78 Å². The Balaban J connectivity index is 2.48. The van der Waals surface area contributed by atoms with Crippen LogP contribution in [0.25, 0.3) is 5.82 Å². The highest BCUT2D eigenvalue weighted by atomic mass is 35.5. The fraction of sp³-hybridized carbons (Fsp3) is 0.125. The standard InChI is InChI=1S/C8H5ClF2N4O/c9-5-1-2-6(13-12-5)15-7(16)3-4(14-15)8(10)11/h1-3,8,14H. The molecule has 0 atom stereocenters. The quantitative estimate of drug-likeness (QED) is 0.874. The first-order chi connectivity index (χ1) is 7.58. The van der Waals surface area contributed by atoms with Gasteiger partial charge in [0.25, 0.3) is 12.0 Å². The fourth-order valence-electron chi connectivity index (χ4n) is 1.12. The SMILES string of the molecule is O=c1cc(C(F)F)[nH]n1-c1ccc(Cl)nn1. The lowest BCUT2D eigenvalue weighted by atomic mass is 10.5. The maximum atomic E-state index is 12.3. The minimum atomic E-state index is -2.74. The van der Waals surface area contributed by atoms with E-state index in [0.29, 0.717) is 0 Å². The van der Waals surface area contributed by atoms with Gasteiger partial charge in [0.15, 0.2) is 11.0 Å². The molecule has 0 radical (unpaired) electrons. The fourth-order valence-corrected chi connectivity index (χ4v) is 1.23. The molecule has 0 aliphatic heterocycles. The van der Waals surface area contributed by atoms with Gasteiger partial charge in [-0.2, -0.15) is 4.68 Å². The van der Waals surface area contributed by atoms with Gasteiger partial charge in [-0.25, -0.2) is 8.78 Å². The molecule has 5 nitrogen and oxygen atoms in total. The van der Waals surface area contributed by atoms with Crippen molar-refractivity contribution in [3.05, 3.63) is 39.4 Å². The van der Waals surface area contributed by atoms with Crippen molar-refractivity contribution < 1.29 is 8.78 Å². The molecule has 0 saturated heterocycles. The van der Waals surface area contributed by atoms with Gasteiger partial charge in [0.05, 0.1) is 0 Å². The number of nitrogens with one attached hydrogen (secondary N) is 1. The number of aromatic amines is 1. The van der Waals surface area contributed by atoms with Crippen LogP contribution in [0.3, 0.4) is 0 Å². The van der Waals surface area contributed by atoms with E-state index in [4.69, 9.17) is 11.6 Å². The zero-order valence-corrected chi connectivity index (χ0v) is 8.45. The lowest BCUT2D eigenvalue weighted by molar-refractivity contribution is 0.145. The number of H-pyrrole nitrogens is 1. The monoisotopic (exact) mass is 246 g/mol. The van der Waals surface area contributed by atoms with Crippen molar-refractivity contribution in [1.82, 2.24) is 20.0 Å². The summed E-state index contributed by atoms with van der Waals surface area (Å²) in [6, 6.07) is 3.60. The molecule has 0 unspecified atom stereocenters. The van der Waals surface area contributed by atoms with Crippen molar-refractivity contribution in [3.8, 4) is 5.82 Å². The second-order valence-corrected chi connectivity index (χ2v) is 3.29. The molecule has 0 fully saturated rings. The highest BCUT2D eigenvalue weighted by Crippen LogP contribution is 2.14. The van der Waals surface area contributed by atoms with Gasteiger partial charge in [-0.05, 0) is 12.1 Å². The predicted octanol–water partition coefficient (Wildman–Crippen LogP) is 1.55. The molecule has 84 valence electrons. The van der Waals surface area contributed by atoms with E-state index in [9.17, 15) is 13.6 Å². The molecule has 1 N–H and O–H groups in total. The van der Waals surface area contributed by atoms with Crippen molar-refractivity contribution in [3.63, 3.8) is 0 Å². The van der Waals surface area contributed by atoms with Gasteiger partial charge in [-0.1, -0.05) is 11.6 Å². The number of alkyl halides is 2. The van der Waals surface area contributed by atoms with Crippen molar-refractivity contribution >= 4 is 11.6 Å². The van der Waals surface area contributed by atoms with Gasteiger partial charge >= 0.3 is 0 Å². The first-order valence-corrected chi connectivity index (χ1v) is 4.55. The van der Waals surface area contributed by atoms with Gasteiger partial charge < -0.3 is 0 Å². The van der Waals surface area contributed by atoms with E-state index in [1.54, 1.807) is 0 Å². The molecule has 0 amide bonds. The molecular formula is C8H5ClF2N4O. The van der Waals surface area contributed by atoms with Gasteiger partial charge in [-0.15, -0.1) is 10.2 Å². The Morgan fingerprint density at radius 3 is 2.62 bits per heavy atom. The Bertz CT molecular complexity index is 548. The Hall–Kier alpha value is -1.76. The zero-order chi connectivity index (χ0) is 11.7. The summed E-state index contributed by atoms with van der Waals surface area (Å²) in [5, 5.41) is 9.46. The Morgan fingerprint density at radius 2 is 2.12 bits per heavy atom. The number of hydrogen-bond acceptors (Lipinski definition) is 3. The predicted molar refractivity (Wildman–Crippen MR) is 51.9 cm³/mol. The van der Waals surface area contributed by atoms with Crippen molar-refractivity contribution in [1.29, 1.82) is 0 Å². The van der Waals surface area contributed by atoms with Crippen LogP contribution in [0.2, 0.25) is 5.15 Å². The molecule has 2 heterocycles. The molecule has 2 aromatic heterocycles. The summed E-state index contributed by atoms with van der Waals surface area (Å²) in [6.07, 6.45) is -2.74. The molecule has 0 aliphatic carbocycles. The maximum Gasteiger partial charge on any atom is 0.279 e. The first-order valence-electron chi connectivity index (χ1n) is 4.17. The second kappa shape index (κ2) is 4.01. The molecule has 0 aliphatic rings. The number of nitrogens with zero attached hydrogens (tertiary/aromatic N) is 3. The molecule has 16 heavy (non-hydrogen) atoms. The van der Waals surface area contributed by atoms with E-state index >= 15 is 0 Å². The number of aromatic nitrogens is 4. The van der Waals surface area contributed by atoms with E-state index in [1.807, 2.05) is 0 Å². The summed E-state index contributed by atoms with van der Waals surface area (Å²) in [6.45, 7) is 0. The summed E-state index contributed by atoms with van der Waals surface area (Å²) in [5.74, 6) is 0.0984. The van der Waals surface area contributed by atoms with E-state index in [-0.39, 0.29) is 11.0 Å². The van der Waals surface area contributed by atoms with Gasteiger partial charge in [0.1, 0.15) is 5.69 Å². The minimum absolute atomic E-state index is 0.0984. The zero-order valence-electron chi connectivity index (χ0n) is 7.69. The normalized spacial score (nSPS) is 11.0. The summed E-state index contributed by atoms with van der Waals surface area (Å²) in [5.41, 5.74) is -1.10. The molecule has 2 rings (SSSR count). The molecule has 2 aromatic rings. The van der Waals surface area contributed by atoms with Crippen LogP contribution < -0.4 is 5.56 Å². The number of halogens is 3. The molecule has 0 bridgehead atoms. The third kappa shape index (κ3) is 1.94. The maximum absolute atomic E-state index is 12.3. The largest absolute Gasteiger partial charge is 0.288 e. The smallest absolute Gasteiger partial charge is 0.279 e. The Morgan fingerprint density at radius 1 is 1.38 bits per heavy atom. The van der Waals surface area contributed by atoms with E-state index < -0.39 is 17.7 Å².